The van der Waals surface area contributed by atoms with E-state index in [0.29, 0.717) is 17.7 Å². The van der Waals surface area contributed by atoms with Crippen molar-refractivity contribution in [2.75, 3.05) is 16.4 Å². The number of anilines is 3. The van der Waals surface area contributed by atoms with Gasteiger partial charge in [0.25, 0.3) is 0 Å². The Morgan fingerprint density at radius 1 is 1.00 bits per heavy atom. The first kappa shape index (κ1) is 16.4. The Morgan fingerprint density at radius 2 is 1.86 bits per heavy atom. The van der Waals surface area contributed by atoms with E-state index in [1.807, 2.05) is 0 Å². The second-order valence-electron chi connectivity index (χ2n) is 6.82. The molecule has 2 aliphatic rings. The lowest BCUT2D eigenvalue weighted by Gasteiger charge is -2.22. The lowest BCUT2D eigenvalue weighted by molar-refractivity contribution is 0.916. The van der Waals surface area contributed by atoms with Crippen molar-refractivity contribution in [2.24, 2.45) is 0 Å². The van der Waals surface area contributed by atoms with Gasteiger partial charge in [-0.3, -0.25) is 0 Å². The molecule has 0 radical (unpaired) electrons. The van der Waals surface area contributed by atoms with E-state index >= 15 is 0 Å². The van der Waals surface area contributed by atoms with E-state index in [0.717, 1.165) is 24.2 Å². The Labute approximate surface area is 162 Å². The van der Waals surface area contributed by atoms with Gasteiger partial charge in [-0.15, -0.1) is 0 Å². The zero-order valence-corrected chi connectivity index (χ0v) is 15.2. The summed E-state index contributed by atoms with van der Waals surface area (Å²) in [6.45, 7) is 0.556. The molecule has 3 heterocycles. The SMILES string of the molecule is Nc1nc(N)c2nc(CN3C=CC4=CCCC=C4c4ccccc43)cnc2n1. The Bertz CT molecular complexity index is 1180. The summed E-state index contributed by atoms with van der Waals surface area (Å²) < 4.78 is 0. The molecule has 1 aromatic carbocycles. The number of aromatic nitrogens is 4. The molecule has 138 valence electrons. The molecule has 2 aromatic heterocycles. The van der Waals surface area contributed by atoms with Crippen LogP contribution in [0.2, 0.25) is 0 Å². The second-order valence-corrected chi connectivity index (χ2v) is 6.82. The van der Waals surface area contributed by atoms with E-state index < -0.39 is 0 Å². The first-order chi connectivity index (χ1) is 13.7. The molecule has 0 fully saturated rings. The summed E-state index contributed by atoms with van der Waals surface area (Å²) in [5.74, 6) is 0.338. The number of nitrogens with two attached hydrogens (primary N) is 2. The smallest absolute Gasteiger partial charge is 0.224 e. The maximum Gasteiger partial charge on any atom is 0.224 e. The van der Waals surface area contributed by atoms with Crippen LogP contribution in [-0.4, -0.2) is 19.9 Å². The summed E-state index contributed by atoms with van der Waals surface area (Å²) >= 11 is 0. The van der Waals surface area contributed by atoms with Crippen LogP contribution in [0.25, 0.3) is 16.7 Å². The minimum Gasteiger partial charge on any atom is -0.382 e. The molecule has 0 bridgehead atoms. The standard InChI is InChI=1S/C21H19N7/c22-19-18-20(27-21(23)26-19)24-11-14(25-18)12-28-10-9-13-5-1-2-6-15(13)16-7-3-4-8-17(16)28/h3-11H,1-2,12H2,(H4,22,23,24,26,27). The van der Waals surface area contributed by atoms with E-state index in [2.05, 4.69) is 73.5 Å². The second kappa shape index (κ2) is 6.45. The maximum absolute atomic E-state index is 5.96. The fourth-order valence-electron chi connectivity index (χ4n) is 3.69. The summed E-state index contributed by atoms with van der Waals surface area (Å²) in [7, 11) is 0. The lowest BCUT2D eigenvalue weighted by Crippen LogP contribution is -2.17. The van der Waals surface area contributed by atoms with E-state index in [1.165, 1.54) is 16.7 Å². The number of benzene rings is 1. The number of hydrogen-bond donors (Lipinski definition) is 2. The van der Waals surface area contributed by atoms with Gasteiger partial charge in [-0.2, -0.15) is 9.97 Å². The van der Waals surface area contributed by atoms with Crippen LogP contribution < -0.4 is 16.4 Å². The van der Waals surface area contributed by atoms with Gasteiger partial charge < -0.3 is 16.4 Å². The third kappa shape index (κ3) is 2.77. The quantitative estimate of drug-likeness (QED) is 0.714. The van der Waals surface area contributed by atoms with Gasteiger partial charge in [-0.1, -0.05) is 30.4 Å². The van der Waals surface area contributed by atoms with Gasteiger partial charge >= 0.3 is 0 Å². The molecule has 1 aliphatic heterocycles. The number of allylic oxidation sites excluding steroid dienone is 5. The molecule has 0 atom stereocenters. The summed E-state index contributed by atoms with van der Waals surface area (Å²) in [5.41, 5.74) is 18.2. The van der Waals surface area contributed by atoms with Gasteiger partial charge in [0.15, 0.2) is 17.0 Å². The molecule has 0 spiro atoms. The van der Waals surface area contributed by atoms with Gasteiger partial charge in [0.05, 0.1) is 18.4 Å². The highest BCUT2D eigenvalue weighted by Gasteiger charge is 2.20. The highest BCUT2D eigenvalue weighted by Crippen LogP contribution is 2.38. The van der Waals surface area contributed by atoms with Crippen LogP contribution in [0.3, 0.4) is 0 Å². The molecule has 28 heavy (non-hydrogen) atoms. The Morgan fingerprint density at radius 3 is 2.79 bits per heavy atom. The van der Waals surface area contributed by atoms with Gasteiger partial charge in [-0.05, 0) is 36.1 Å². The van der Waals surface area contributed by atoms with Gasteiger partial charge in [0.1, 0.15) is 0 Å². The van der Waals surface area contributed by atoms with Crippen molar-refractivity contribution in [1.82, 2.24) is 19.9 Å². The highest BCUT2D eigenvalue weighted by molar-refractivity contribution is 5.90. The van der Waals surface area contributed by atoms with Crippen LogP contribution >= 0.6 is 0 Å². The van der Waals surface area contributed by atoms with Gasteiger partial charge in [-0.25, -0.2) is 9.97 Å². The summed E-state index contributed by atoms with van der Waals surface area (Å²) in [6, 6.07) is 8.43. The average Bonchev–Trinajstić information content (AvgIpc) is 2.86. The molecule has 0 unspecified atom stereocenters. The Kier molecular flexibility index (Phi) is 3.79. The average molecular weight is 369 g/mol. The molecule has 4 N–H and O–H groups in total. The van der Waals surface area contributed by atoms with Crippen molar-refractivity contribution in [3.8, 4) is 0 Å². The summed E-state index contributed by atoms with van der Waals surface area (Å²) in [6.07, 6.45) is 12.7. The topological polar surface area (TPSA) is 107 Å². The summed E-state index contributed by atoms with van der Waals surface area (Å²) in [4.78, 5) is 19.3. The number of para-hydroxylation sites is 1. The van der Waals surface area contributed by atoms with Gasteiger partial charge in [0.2, 0.25) is 5.95 Å². The fourth-order valence-corrected chi connectivity index (χ4v) is 3.69. The van der Waals surface area contributed by atoms with Crippen molar-refractivity contribution < 1.29 is 0 Å². The maximum atomic E-state index is 5.96. The van der Waals surface area contributed by atoms with E-state index in [4.69, 9.17) is 11.5 Å². The zero-order chi connectivity index (χ0) is 19.1. The van der Waals surface area contributed by atoms with Crippen LogP contribution in [0, 0.1) is 0 Å². The molecule has 3 aromatic rings. The van der Waals surface area contributed by atoms with E-state index in [9.17, 15) is 0 Å². The Hall–Kier alpha value is -3.74. The molecular weight excluding hydrogens is 350 g/mol. The van der Waals surface area contributed by atoms with Crippen LogP contribution in [0.5, 0.6) is 0 Å². The molecule has 0 amide bonds. The van der Waals surface area contributed by atoms with Gasteiger partial charge in [0, 0.05) is 17.5 Å². The minimum atomic E-state index is 0.0978. The Balaban J connectivity index is 1.57. The van der Waals surface area contributed by atoms with Crippen LogP contribution in [0.4, 0.5) is 17.5 Å². The predicted octanol–water partition coefficient (Wildman–Crippen LogP) is 3.22. The lowest BCUT2D eigenvalue weighted by atomic mass is 9.91. The number of hydrogen-bond acceptors (Lipinski definition) is 7. The third-order valence-corrected chi connectivity index (χ3v) is 4.96. The number of rotatable bonds is 2. The van der Waals surface area contributed by atoms with Crippen molar-refractivity contribution in [1.29, 1.82) is 0 Å². The molecular formula is C21H19N7. The molecule has 0 saturated carbocycles. The van der Waals surface area contributed by atoms with E-state index in [-0.39, 0.29) is 11.8 Å². The molecule has 7 nitrogen and oxygen atoms in total. The van der Waals surface area contributed by atoms with Crippen molar-refractivity contribution in [3.63, 3.8) is 0 Å². The van der Waals surface area contributed by atoms with Crippen LogP contribution in [-0.2, 0) is 6.54 Å². The van der Waals surface area contributed by atoms with E-state index in [1.54, 1.807) is 6.20 Å². The first-order valence-electron chi connectivity index (χ1n) is 9.18. The number of fused-ring (bicyclic) bond motifs is 4. The van der Waals surface area contributed by atoms with Crippen molar-refractivity contribution >= 4 is 34.2 Å². The fraction of sp³-hybridized carbons (Fsp3) is 0.143. The number of nitrogen functional groups attached to an aromatic ring is 2. The normalized spacial score (nSPS) is 15.5. The molecule has 1 aliphatic carbocycles. The molecule has 0 saturated heterocycles. The van der Waals surface area contributed by atoms with Crippen molar-refractivity contribution in [2.45, 2.75) is 19.4 Å². The molecule has 7 heteroatoms. The van der Waals surface area contributed by atoms with Crippen LogP contribution in [0.15, 0.2) is 60.5 Å². The summed E-state index contributed by atoms with van der Waals surface area (Å²) in [5, 5.41) is 0. The monoisotopic (exact) mass is 369 g/mol. The van der Waals surface area contributed by atoms with Crippen molar-refractivity contribution in [3.05, 3.63) is 71.7 Å². The third-order valence-electron chi connectivity index (χ3n) is 4.96. The highest BCUT2D eigenvalue weighted by atomic mass is 15.1. The van der Waals surface area contributed by atoms with Crippen LogP contribution in [0.1, 0.15) is 24.1 Å². The largest absolute Gasteiger partial charge is 0.382 e. The predicted molar refractivity (Wildman–Crippen MR) is 111 cm³/mol. The number of nitrogens with zero attached hydrogens (tertiary/aromatic N) is 5. The molecule has 5 rings (SSSR count). The minimum absolute atomic E-state index is 0.0978. The first-order valence-corrected chi connectivity index (χ1v) is 9.18. The zero-order valence-electron chi connectivity index (χ0n) is 15.2.